The summed E-state index contributed by atoms with van der Waals surface area (Å²) in [5, 5.41) is 4.92. The van der Waals surface area contributed by atoms with Crippen LogP contribution in [0.25, 0.3) is 0 Å². The van der Waals surface area contributed by atoms with Gasteiger partial charge in [-0.05, 0) is 37.1 Å². The maximum absolute atomic E-state index is 6.23. The third-order valence-corrected chi connectivity index (χ3v) is 4.49. The van der Waals surface area contributed by atoms with Crippen molar-refractivity contribution in [3.8, 4) is 0 Å². The highest BCUT2D eigenvalue weighted by Gasteiger charge is 2.15. The van der Waals surface area contributed by atoms with E-state index in [0.29, 0.717) is 20.2 Å². The van der Waals surface area contributed by atoms with Crippen LogP contribution < -0.4 is 5.32 Å². The second-order valence-corrected chi connectivity index (χ2v) is 6.00. The van der Waals surface area contributed by atoms with Gasteiger partial charge in [0.1, 0.15) is 0 Å². The van der Waals surface area contributed by atoms with E-state index < -0.39 is 0 Å². The predicted molar refractivity (Wildman–Crippen MR) is 87.5 cm³/mol. The first kappa shape index (κ1) is 15.7. The second-order valence-electron chi connectivity index (χ2n) is 4.48. The van der Waals surface area contributed by atoms with Gasteiger partial charge >= 0.3 is 0 Å². The van der Waals surface area contributed by atoms with Gasteiger partial charge in [-0.2, -0.15) is 0 Å². The van der Waals surface area contributed by atoms with E-state index in [4.69, 9.17) is 46.4 Å². The minimum Gasteiger partial charge on any atom is -0.376 e. The average molecular weight is 350 g/mol. The molecular weight excluding hydrogens is 338 g/mol. The highest BCUT2D eigenvalue weighted by Crippen LogP contribution is 2.36. The Hall–Kier alpha value is -0.670. The number of aryl methyl sites for hydroxylation is 1. The van der Waals surface area contributed by atoms with Crippen LogP contribution in [0.2, 0.25) is 20.2 Å². The fraction of sp³-hybridized carbons (Fsp3) is 0.214. The van der Waals surface area contributed by atoms with E-state index in [0.717, 1.165) is 16.8 Å². The van der Waals surface area contributed by atoms with Gasteiger partial charge in [-0.1, -0.05) is 52.5 Å². The van der Waals surface area contributed by atoms with E-state index >= 15 is 0 Å². The largest absolute Gasteiger partial charge is 0.376 e. The standard InChI is InChI=1S/C14H12Cl4N2/c1-7-5-11(14(18)19-6-7)20-8(2)9-3-4-10(15)13(17)12(9)16/h3-6,8,20H,1-2H3. The first-order valence-electron chi connectivity index (χ1n) is 5.92. The third kappa shape index (κ3) is 3.32. The molecule has 0 aliphatic rings. The van der Waals surface area contributed by atoms with Crippen molar-refractivity contribution in [2.75, 3.05) is 5.32 Å². The quantitative estimate of drug-likeness (QED) is 0.528. The Labute approximate surface area is 138 Å². The lowest BCUT2D eigenvalue weighted by Crippen LogP contribution is -2.08. The van der Waals surface area contributed by atoms with Gasteiger partial charge in [-0.15, -0.1) is 0 Å². The summed E-state index contributed by atoms with van der Waals surface area (Å²) in [4.78, 5) is 4.10. The Morgan fingerprint density at radius 2 is 1.80 bits per heavy atom. The molecule has 2 aromatic rings. The Kier molecular flexibility index (Phi) is 5.03. The highest BCUT2D eigenvalue weighted by molar-refractivity contribution is 6.48. The fourth-order valence-corrected chi connectivity index (χ4v) is 2.70. The molecule has 0 saturated carbocycles. The molecular formula is C14H12Cl4N2. The van der Waals surface area contributed by atoms with E-state index in [1.165, 1.54) is 0 Å². The molecule has 0 radical (unpaired) electrons. The van der Waals surface area contributed by atoms with E-state index in [2.05, 4.69) is 10.3 Å². The number of rotatable bonds is 3. The van der Waals surface area contributed by atoms with Crippen LogP contribution in [-0.2, 0) is 0 Å². The van der Waals surface area contributed by atoms with Gasteiger partial charge in [0.2, 0.25) is 0 Å². The van der Waals surface area contributed by atoms with Crippen LogP contribution in [0.1, 0.15) is 24.1 Å². The van der Waals surface area contributed by atoms with Crippen LogP contribution in [0.4, 0.5) is 5.69 Å². The summed E-state index contributed by atoms with van der Waals surface area (Å²) in [6.07, 6.45) is 1.71. The van der Waals surface area contributed by atoms with Gasteiger partial charge in [-0.3, -0.25) is 0 Å². The summed E-state index contributed by atoms with van der Waals surface area (Å²) in [6.45, 7) is 3.91. The molecule has 2 rings (SSSR count). The summed E-state index contributed by atoms with van der Waals surface area (Å²) in [5.41, 5.74) is 2.62. The number of benzene rings is 1. The smallest absolute Gasteiger partial charge is 0.152 e. The van der Waals surface area contributed by atoms with Crippen LogP contribution in [0.5, 0.6) is 0 Å². The van der Waals surface area contributed by atoms with Crippen LogP contribution in [0, 0.1) is 6.92 Å². The molecule has 0 bridgehead atoms. The number of nitrogens with zero attached hydrogens (tertiary/aromatic N) is 1. The van der Waals surface area contributed by atoms with E-state index in [9.17, 15) is 0 Å². The molecule has 0 spiro atoms. The second kappa shape index (κ2) is 6.40. The molecule has 0 aliphatic carbocycles. The van der Waals surface area contributed by atoms with Gasteiger partial charge in [0.15, 0.2) is 5.15 Å². The molecule has 1 atom stereocenters. The Bertz CT molecular complexity index is 643. The van der Waals surface area contributed by atoms with Gasteiger partial charge in [0.05, 0.1) is 26.8 Å². The van der Waals surface area contributed by atoms with Gasteiger partial charge in [0, 0.05) is 6.20 Å². The van der Waals surface area contributed by atoms with Crippen molar-refractivity contribution in [2.45, 2.75) is 19.9 Å². The van der Waals surface area contributed by atoms with Crippen molar-refractivity contribution in [3.63, 3.8) is 0 Å². The predicted octanol–water partition coefficient (Wildman–Crippen LogP) is 6.18. The van der Waals surface area contributed by atoms with Crippen molar-refractivity contribution < 1.29 is 0 Å². The van der Waals surface area contributed by atoms with Crippen molar-refractivity contribution in [1.82, 2.24) is 4.98 Å². The van der Waals surface area contributed by atoms with E-state index in [-0.39, 0.29) is 6.04 Å². The van der Waals surface area contributed by atoms with Crippen LogP contribution in [0.3, 0.4) is 0 Å². The lowest BCUT2D eigenvalue weighted by atomic mass is 10.1. The van der Waals surface area contributed by atoms with Crippen LogP contribution in [0.15, 0.2) is 24.4 Å². The number of aromatic nitrogens is 1. The Morgan fingerprint density at radius 3 is 2.50 bits per heavy atom. The van der Waals surface area contributed by atoms with Crippen molar-refractivity contribution in [1.29, 1.82) is 0 Å². The Balaban J connectivity index is 2.31. The summed E-state index contributed by atoms with van der Waals surface area (Å²) in [5.74, 6) is 0. The molecule has 1 unspecified atom stereocenters. The molecule has 0 amide bonds. The monoisotopic (exact) mass is 348 g/mol. The Morgan fingerprint density at radius 1 is 1.10 bits per heavy atom. The highest BCUT2D eigenvalue weighted by atomic mass is 35.5. The molecule has 20 heavy (non-hydrogen) atoms. The van der Waals surface area contributed by atoms with Gasteiger partial charge in [0.25, 0.3) is 0 Å². The number of pyridine rings is 1. The fourth-order valence-electron chi connectivity index (χ4n) is 1.84. The molecule has 1 aromatic carbocycles. The molecule has 1 heterocycles. The maximum atomic E-state index is 6.23. The van der Waals surface area contributed by atoms with Gasteiger partial charge in [-0.25, -0.2) is 4.98 Å². The van der Waals surface area contributed by atoms with E-state index in [1.807, 2.05) is 26.0 Å². The molecule has 6 heteroatoms. The molecule has 1 N–H and O–H groups in total. The minimum atomic E-state index is -0.0848. The molecule has 1 aromatic heterocycles. The van der Waals surface area contributed by atoms with Crippen LogP contribution >= 0.6 is 46.4 Å². The van der Waals surface area contributed by atoms with Crippen molar-refractivity contribution >= 4 is 52.1 Å². The van der Waals surface area contributed by atoms with E-state index in [1.54, 1.807) is 12.3 Å². The first-order chi connectivity index (χ1) is 9.40. The number of anilines is 1. The van der Waals surface area contributed by atoms with Crippen LogP contribution in [-0.4, -0.2) is 4.98 Å². The summed E-state index contributed by atoms with van der Waals surface area (Å²) in [6, 6.07) is 5.40. The summed E-state index contributed by atoms with van der Waals surface area (Å²) < 4.78 is 0. The molecule has 106 valence electrons. The number of hydrogen-bond acceptors (Lipinski definition) is 2. The lowest BCUT2D eigenvalue weighted by Gasteiger charge is -2.18. The van der Waals surface area contributed by atoms with Crippen molar-refractivity contribution in [2.24, 2.45) is 0 Å². The first-order valence-corrected chi connectivity index (χ1v) is 7.43. The number of halogens is 4. The normalized spacial score (nSPS) is 12.3. The van der Waals surface area contributed by atoms with Crippen molar-refractivity contribution in [3.05, 3.63) is 55.7 Å². The minimum absolute atomic E-state index is 0.0848. The topological polar surface area (TPSA) is 24.9 Å². The third-order valence-electron chi connectivity index (χ3n) is 2.88. The number of nitrogens with one attached hydrogen (secondary N) is 1. The van der Waals surface area contributed by atoms with Gasteiger partial charge < -0.3 is 5.32 Å². The molecule has 0 saturated heterocycles. The summed E-state index contributed by atoms with van der Waals surface area (Å²) >= 11 is 24.3. The number of hydrogen-bond donors (Lipinski definition) is 1. The maximum Gasteiger partial charge on any atom is 0.152 e. The SMILES string of the molecule is Cc1cnc(Cl)c(NC(C)c2ccc(Cl)c(Cl)c2Cl)c1. The molecule has 0 aliphatic heterocycles. The molecule has 2 nitrogen and oxygen atoms in total. The average Bonchev–Trinajstić information content (AvgIpc) is 2.40. The molecule has 0 fully saturated rings. The zero-order valence-corrected chi connectivity index (χ0v) is 13.9. The lowest BCUT2D eigenvalue weighted by molar-refractivity contribution is 0.883. The summed E-state index contributed by atoms with van der Waals surface area (Å²) in [7, 11) is 0. The zero-order valence-electron chi connectivity index (χ0n) is 10.8. The zero-order chi connectivity index (χ0) is 14.9.